The molecule has 0 heterocycles. The summed E-state index contributed by atoms with van der Waals surface area (Å²) in [6, 6.07) is 15.0. The van der Waals surface area contributed by atoms with E-state index in [2.05, 4.69) is 40.5 Å². The summed E-state index contributed by atoms with van der Waals surface area (Å²) in [5, 5.41) is 18.6. The summed E-state index contributed by atoms with van der Waals surface area (Å²) in [6.07, 6.45) is 19.4. The molecule has 2 aromatic rings. The van der Waals surface area contributed by atoms with Crippen LogP contribution in [0.2, 0.25) is 0 Å². The normalized spacial score (nSPS) is 12.2. The quantitative estimate of drug-likeness (QED) is 0.0340. The number of aliphatic hydroxyl groups is 1. The largest absolute Gasteiger partial charge is 0.493 e. The minimum Gasteiger partial charge on any atom is -0.493 e. The Hall–Kier alpha value is -4.45. The van der Waals surface area contributed by atoms with E-state index in [1.165, 1.54) is 88.7 Å². The lowest BCUT2D eigenvalue weighted by Crippen LogP contribution is -2.31. The Labute approximate surface area is 296 Å². The smallest absolute Gasteiger partial charge is 0.338 e. The number of benzene rings is 2. The third kappa shape index (κ3) is 20.8. The Kier molecular flexibility index (Phi) is 24.7. The van der Waals surface area contributed by atoms with Gasteiger partial charge in [-0.1, -0.05) is 87.4 Å². The van der Waals surface area contributed by atoms with Crippen molar-refractivity contribution in [2.75, 3.05) is 34.0 Å². The highest BCUT2D eigenvalue weighted by atomic mass is 16.9. The van der Waals surface area contributed by atoms with Gasteiger partial charge in [-0.3, -0.25) is 4.79 Å². The van der Waals surface area contributed by atoms with E-state index in [0.29, 0.717) is 25.7 Å². The number of nitrogens with one attached hydrogen (secondary N) is 1. The molecule has 1 amide bonds. The van der Waals surface area contributed by atoms with Crippen LogP contribution in [-0.2, 0) is 25.6 Å². The molecule has 278 valence electrons. The molecule has 12 heteroatoms. The molecule has 0 aliphatic heterocycles. The zero-order valence-corrected chi connectivity index (χ0v) is 29.9. The number of ether oxygens (including phenoxy) is 3. The molecule has 0 aromatic heterocycles. The third-order valence-corrected chi connectivity index (χ3v) is 7.93. The van der Waals surface area contributed by atoms with Crippen molar-refractivity contribution >= 4 is 17.8 Å². The lowest BCUT2D eigenvalue weighted by molar-refractivity contribution is -0.757. The molecule has 2 aromatic carbocycles. The van der Waals surface area contributed by atoms with Crippen LogP contribution >= 0.6 is 0 Å². The number of aliphatic hydroxyl groups excluding tert-OH is 1. The first-order valence-corrected chi connectivity index (χ1v) is 17.5. The van der Waals surface area contributed by atoms with Crippen molar-refractivity contribution in [2.24, 2.45) is 5.92 Å². The van der Waals surface area contributed by atoms with Crippen LogP contribution in [0, 0.1) is 16.0 Å². The van der Waals surface area contributed by atoms with Crippen LogP contribution in [0.3, 0.4) is 0 Å². The van der Waals surface area contributed by atoms with Gasteiger partial charge in [-0.05, 0) is 75.1 Å². The predicted molar refractivity (Wildman–Crippen MR) is 191 cm³/mol. The monoisotopic (exact) mass is 700 g/mol. The number of carbonyl (C=O) groups excluding carboxylic acids is 3. The molecule has 2 N–H and O–H groups in total. The Balaban J connectivity index is 0.000000575. The van der Waals surface area contributed by atoms with Crippen molar-refractivity contribution in [1.29, 1.82) is 0 Å². The lowest BCUT2D eigenvalue weighted by atomic mass is 9.98. The molecular weight excluding hydrogens is 644 g/mol. The first-order chi connectivity index (χ1) is 24.3. The second-order valence-electron chi connectivity index (χ2n) is 11.7. The molecule has 12 nitrogen and oxygen atoms in total. The molecule has 0 spiro atoms. The van der Waals surface area contributed by atoms with E-state index in [1.54, 1.807) is 0 Å². The average molecular weight is 701 g/mol. The number of esters is 2. The highest BCUT2D eigenvalue weighted by molar-refractivity contribution is 5.90. The SMILES string of the molecule is C/C=C\CCCC(=O)NCC(=O)Oc1ccc(C(=O)OCCCCO[N+](=O)[O-])cc1OC.CO.c1ccc(CCCCCC2CCCC2)cc1. The number of carbonyl (C=O) groups is 3. The molecule has 50 heavy (non-hydrogen) atoms. The van der Waals surface area contributed by atoms with Crippen molar-refractivity contribution < 1.29 is 43.6 Å². The molecule has 1 aliphatic rings. The second kappa shape index (κ2) is 28.4. The molecule has 0 unspecified atom stereocenters. The summed E-state index contributed by atoms with van der Waals surface area (Å²) in [5.41, 5.74) is 1.68. The third-order valence-electron chi connectivity index (χ3n) is 7.93. The fourth-order valence-corrected chi connectivity index (χ4v) is 5.32. The van der Waals surface area contributed by atoms with Gasteiger partial charge in [0.25, 0.3) is 5.09 Å². The minimum absolute atomic E-state index is 0.0629. The summed E-state index contributed by atoms with van der Waals surface area (Å²) < 4.78 is 15.4. The molecule has 3 rings (SSSR count). The van der Waals surface area contributed by atoms with Gasteiger partial charge in [0.15, 0.2) is 11.5 Å². The maximum absolute atomic E-state index is 12.1. The first-order valence-electron chi connectivity index (χ1n) is 17.5. The van der Waals surface area contributed by atoms with Crippen molar-refractivity contribution in [2.45, 2.75) is 96.8 Å². The van der Waals surface area contributed by atoms with E-state index in [-0.39, 0.29) is 42.7 Å². The summed E-state index contributed by atoms with van der Waals surface area (Å²) in [4.78, 5) is 50.0. The van der Waals surface area contributed by atoms with E-state index < -0.39 is 17.0 Å². The maximum Gasteiger partial charge on any atom is 0.338 e. The molecule has 1 fully saturated rings. The van der Waals surface area contributed by atoms with E-state index in [9.17, 15) is 24.5 Å². The van der Waals surface area contributed by atoms with Crippen molar-refractivity contribution in [3.8, 4) is 11.5 Å². The number of rotatable bonds is 21. The van der Waals surface area contributed by atoms with Gasteiger partial charge in [-0.2, -0.15) is 0 Å². The van der Waals surface area contributed by atoms with Gasteiger partial charge in [0.1, 0.15) is 6.54 Å². The number of aryl methyl sites for hydroxylation is 1. The Morgan fingerprint density at radius 3 is 2.34 bits per heavy atom. The van der Waals surface area contributed by atoms with Crippen LogP contribution in [-0.4, -0.2) is 62.0 Å². The highest BCUT2D eigenvalue weighted by Gasteiger charge is 2.16. The summed E-state index contributed by atoms with van der Waals surface area (Å²) in [7, 11) is 2.35. The van der Waals surface area contributed by atoms with Crippen LogP contribution < -0.4 is 14.8 Å². The number of hydrogen-bond acceptors (Lipinski definition) is 10. The average Bonchev–Trinajstić information content (AvgIpc) is 3.66. The zero-order chi connectivity index (χ0) is 36.8. The first kappa shape index (κ1) is 43.6. The van der Waals surface area contributed by atoms with E-state index >= 15 is 0 Å². The van der Waals surface area contributed by atoms with Gasteiger partial charge < -0.3 is 29.5 Å². The topological polar surface area (TPSA) is 164 Å². The highest BCUT2D eigenvalue weighted by Crippen LogP contribution is 2.30. The molecule has 0 saturated heterocycles. The second-order valence-corrected chi connectivity index (χ2v) is 11.7. The maximum atomic E-state index is 12.1. The lowest BCUT2D eigenvalue weighted by Gasteiger charge is -2.11. The summed E-state index contributed by atoms with van der Waals surface area (Å²) >= 11 is 0. The molecule has 1 saturated carbocycles. The minimum atomic E-state index is -0.882. The fourth-order valence-electron chi connectivity index (χ4n) is 5.32. The number of unbranched alkanes of at least 4 members (excludes halogenated alkanes) is 4. The van der Waals surface area contributed by atoms with Gasteiger partial charge in [0, 0.05) is 13.5 Å². The molecule has 0 radical (unpaired) electrons. The van der Waals surface area contributed by atoms with Crippen molar-refractivity contribution in [3.63, 3.8) is 0 Å². The number of methoxy groups -OCH3 is 1. The van der Waals surface area contributed by atoms with Crippen LogP contribution in [0.15, 0.2) is 60.7 Å². The molecule has 1 aliphatic carbocycles. The van der Waals surface area contributed by atoms with Gasteiger partial charge >= 0.3 is 11.9 Å². The van der Waals surface area contributed by atoms with E-state index in [0.717, 1.165) is 19.4 Å². The molecule has 0 bridgehead atoms. The predicted octanol–water partition coefficient (Wildman–Crippen LogP) is 7.20. The van der Waals surface area contributed by atoms with E-state index in [1.807, 2.05) is 19.1 Å². The van der Waals surface area contributed by atoms with Gasteiger partial charge in [-0.25, -0.2) is 9.59 Å². The van der Waals surface area contributed by atoms with Crippen molar-refractivity contribution in [1.82, 2.24) is 5.32 Å². The Bertz CT molecular complexity index is 1260. The summed E-state index contributed by atoms with van der Waals surface area (Å²) in [6.45, 7) is 1.60. The van der Waals surface area contributed by atoms with E-state index in [4.69, 9.17) is 19.3 Å². The fraction of sp³-hybridized carbons (Fsp3) is 0.553. The summed E-state index contributed by atoms with van der Waals surface area (Å²) in [5.74, 6) is -0.240. The molecule has 0 atom stereocenters. The van der Waals surface area contributed by atoms with Crippen LogP contribution in [0.4, 0.5) is 0 Å². The van der Waals surface area contributed by atoms with Gasteiger partial charge in [0.05, 0.1) is 25.9 Å². The number of nitrogens with zero attached hydrogens (tertiary/aromatic N) is 1. The van der Waals surface area contributed by atoms with Gasteiger partial charge in [0.2, 0.25) is 5.91 Å². The standard InChI is InChI=1S/C21H28N2O9.C16H24.CH4O/c1-3-4-5-6-9-19(24)22-15-20(25)32-17-11-10-16(14-18(17)29-2)21(26)30-12-7-8-13-31-23(27)28;1-3-9-15(10-4-1)11-5-2-6-12-16-13-7-8-14-16;1-2/h3-4,10-11,14H,5-9,12-13,15H2,1-2H3,(H,22,24);1,3-4,9-10,16H,2,5-8,11-14H2;2H,1H3/b4-3-;;. The van der Waals surface area contributed by atoms with Gasteiger partial charge in [-0.15, -0.1) is 10.1 Å². The Morgan fingerprint density at radius 2 is 1.66 bits per heavy atom. The zero-order valence-electron chi connectivity index (χ0n) is 29.9. The number of hydrogen-bond donors (Lipinski definition) is 2. The van der Waals surface area contributed by atoms with Crippen LogP contribution in [0.1, 0.15) is 106 Å². The van der Waals surface area contributed by atoms with Crippen molar-refractivity contribution in [3.05, 3.63) is 81.9 Å². The number of amides is 1. The number of allylic oxidation sites excluding steroid dienone is 2. The molecular formula is C38H56N2O10. The van der Waals surface area contributed by atoms with Crippen LogP contribution in [0.25, 0.3) is 0 Å². The van der Waals surface area contributed by atoms with Crippen LogP contribution in [0.5, 0.6) is 11.5 Å². The Morgan fingerprint density at radius 1 is 0.940 bits per heavy atom.